The summed E-state index contributed by atoms with van der Waals surface area (Å²) < 4.78 is 6.52. The quantitative estimate of drug-likeness (QED) is 0.549. The van der Waals surface area contributed by atoms with Crippen LogP contribution in [-0.2, 0) is 0 Å². The number of nitrogens with zero attached hydrogens (tertiary/aromatic N) is 2. The van der Waals surface area contributed by atoms with E-state index in [0.717, 1.165) is 0 Å². The molecule has 0 aliphatic rings. The molecule has 0 saturated heterocycles. The predicted octanol–water partition coefficient (Wildman–Crippen LogP) is 4.30. The van der Waals surface area contributed by atoms with Crippen LogP contribution in [0.4, 0.5) is 5.69 Å². The van der Waals surface area contributed by atoms with Gasteiger partial charge in [-0.3, -0.25) is 9.59 Å². The number of hydrogen-bond donors (Lipinski definition) is 1. The van der Waals surface area contributed by atoms with Gasteiger partial charge in [0.25, 0.3) is 11.5 Å². The Labute approximate surface area is 171 Å². The zero-order valence-electron chi connectivity index (χ0n) is 15.4. The van der Waals surface area contributed by atoms with Crippen LogP contribution in [0, 0.1) is 0 Å². The van der Waals surface area contributed by atoms with E-state index in [1.807, 2.05) is 6.07 Å². The maximum absolute atomic E-state index is 13.1. The number of hydrogen-bond acceptors (Lipinski definition) is 4. The molecule has 4 rings (SSSR count). The number of fused-ring (bicyclic) bond motifs is 1. The number of amides is 1. The number of ether oxygens (including phenoxy) is 1. The summed E-state index contributed by atoms with van der Waals surface area (Å²) in [6, 6.07) is 20.8. The topological polar surface area (TPSA) is 73.2 Å². The van der Waals surface area contributed by atoms with Crippen LogP contribution in [0.5, 0.6) is 5.75 Å². The molecule has 0 aliphatic heterocycles. The number of anilines is 1. The van der Waals surface area contributed by atoms with Crippen LogP contribution in [0.15, 0.2) is 77.6 Å². The van der Waals surface area contributed by atoms with Crippen molar-refractivity contribution in [2.24, 2.45) is 0 Å². The Balaban J connectivity index is 1.87. The Hall–Kier alpha value is -3.64. The molecule has 0 aliphatic carbocycles. The zero-order chi connectivity index (χ0) is 20.4. The summed E-state index contributed by atoms with van der Waals surface area (Å²) in [6.07, 6.45) is 0. The highest BCUT2D eigenvalue weighted by molar-refractivity contribution is 6.31. The Morgan fingerprint density at radius 3 is 2.41 bits per heavy atom. The standard InChI is InChI=1S/C22H16ClN3O3/c1-29-19-12-11-14(23)13-18(19)24-21(27)20-16-9-5-6-10-17(16)22(28)26(25-20)15-7-3-2-4-8-15/h2-13H,1H3,(H,24,27). The number of para-hydroxylation sites is 1. The van der Waals surface area contributed by atoms with Gasteiger partial charge in [-0.2, -0.15) is 9.78 Å². The third kappa shape index (κ3) is 3.58. The molecule has 3 aromatic carbocycles. The van der Waals surface area contributed by atoms with E-state index >= 15 is 0 Å². The second-order valence-corrected chi connectivity index (χ2v) is 6.68. The van der Waals surface area contributed by atoms with Crippen LogP contribution in [0.25, 0.3) is 16.5 Å². The van der Waals surface area contributed by atoms with Gasteiger partial charge in [-0.1, -0.05) is 48.0 Å². The Kier molecular flexibility index (Phi) is 5.01. The van der Waals surface area contributed by atoms with Crippen molar-refractivity contribution in [1.29, 1.82) is 0 Å². The van der Waals surface area contributed by atoms with Gasteiger partial charge in [-0.05, 0) is 36.4 Å². The van der Waals surface area contributed by atoms with Crippen LogP contribution in [-0.4, -0.2) is 22.8 Å². The van der Waals surface area contributed by atoms with E-state index < -0.39 is 5.91 Å². The summed E-state index contributed by atoms with van der Waals surface area (Å²) in [5, 5.41) is 8.46. The Bertz CT molecular complexity index is 1270. The largest absolute Gasteiger partial charge is 0.495 e. The Morgan fingerprint density at radius 2 is 1.69 bits per heavy atom. The van der Waals surface area contributed by atoms with Crippen molar-refractivity contribution in [3.63, 3.8) is 0 Å². The third-order valence-corrected chi connectivity index (χ3v) is 4.67. The highest BCUT2D eigenvalue weighted by Crippen LogP contribution is 2.28. The second kappa shape index (κ2) is 7.77. The average molecular weight is 406 g/mol. The fraction of sp³-hybridized carbons (Fsp3) is 0.0455. The van der Waals surface area contributed by atoms with Gasteiger partial charge in [-0.15, -0.1) is 0 Å². The molecule has 0 unspecified atom stereocenters. The second-order valence-electron chi connectivity index (χ2n) is 6.25. The minimum atomic E-state index is -0.480. The highest BCUT2D eigenvalue weighted by atomic mass is 35.5. The molecule has 29 heavy (non-hydrogen) atoms. The van der Waals surface area contributed by atoms with Gasteiger partial charge in [0.1, 0.15) is 5.75 Å². The first-order valence-corrected chi connectivity index (χ1v) is 9.18. The maximum Gasteiger partial charge on any atom is 0.279 e. The lowest BCUT2D eigenvalue weighted by molar-refractivity contribution is 0.102. The molecule has 0 atom stereocenters. The van der Waals surface area contributed by atoms with Crippen molar-refractivity contribution in [3.05, 3.63) is 93.9 Å². The molecule has 144 valence electrons. The summed E-state index contributed by atoms with van der Waals surface area (Å²) in [5.41, 5.74) is 0.792. The number of aromatic nitrogens is 2. The van der Waals surface area contributed by atoms with Gasteiger partial charge in [0, 0.05) is 10.4 Å². The lowest BCUT2D eigenvalue weighted by Gasteiger charge is -2.13. The summed E-state index contributed by atoms with van der Waals surface area (Å²) in [4.78, 5) is 26.1. The zero-order valence-corrected chi connectivity index (χ0v) is 16.2. The van der Waals surface area contributed by atoms with Crippen molar-refractivity contribution < 1.29 is 9.53 Å². The first-order valence-electron chi connectivity index (χ1n) is 8.81. The molecular formula is C22H16ClN3O3. The molecule has 0 fully saturated rings. The van der Waals surface area contributed by atoms with E-state index in [1.165, 1.54) is 11.8 Å². The monoisotopic (exact) mass is 405 g/mol. The number of carbonyl (C=O) groups is 1. The summed E-state index contributed by atoms with van der Waals surface area (Å²) in [7, 11) is 1.50. The number of rotatable bonds is 4. The van der Waals surface area contributed by atoms with Gasteiger partial charge in [0.2, 0.25) is 0 Å². The number of methoxy groups -OCH3 is 1. The van der Waals surface area contributed by atoms with Crippen molar-refractivity contribution in [2.75, 3.05) is 12.4 Å². The van der Waals surface area contributed by atoms with E-state index in [-0.39, 0.29) is 11.3 Å². The maximum atomic E-state index is 13.1. The van der Waals surface area contributed by atoms with E-state index in [0.29, 0.717) is 32.9 Å². The van der Waals surface area contributed by atoms with Crippen molar-refractivity contribution in [2.45, 2.75) is 0 Å². The van der Waals surface area contributed by atoms with Crippen LogP contribution in [0.2, 0.25) is 5.02 Å². The van der Waals surface area contributed by atoms with Gasteiger partial charge in [0.15, 0.2) is 5.69 Å². The molecule has 0 saturated carbocycles. The fourth-order valence-electron chi connectivity index (χ4n) is 3.06. The smallest absolute Gasteiger partial charge is 0.279 e. The number of benzene rings is 3. The molecule has 0 spiro atoms. The molecule has 0 radical (unpaired) electrons. The van der Waals surface area contributed by atoms with Crippen LogP contribution in [0.3, 0.4) is 0 Å². The first kappa shape index (κ1) is 18.7. The van der Waals surface area contributed by atoms with Crippen LogP contribution >= 0.6 is 11.6 Å². The van der Waals surface area contributed by atoms with Gasteiger partial charge in [0.05, 0.1) is 23.9 Å². The van der Waals surface area contributed by atoms with E-state index in [9.17, 15) is 9.59 Å². The summed E-state index contributed by atoms with van der Waals surface area (Å²) >= 11 is 6.06. The lowest BCUT2D eigenvalue weighted by Crippen LogP contribution is -2.26. The van der Waals surface area contributed by atoms with E-state index in [4.69, 9.17) is 16.3 Å². The number of nitrogens with one attached hydrogen (secondary N) is 1. The summed E-state index contributed by atoms with van der Waals surface area (Å²) in [5.74, 6) is -0.0186. The number of carbonyl (C=O) groups excluding carboxylic acids is 1. The van der Waals surface area contributed by atoms with E-state index in [2.05, 4.69) is 10.4 Å². The van der Waals surface area contributed by atoms with Crippen molar-refractivity contribution in [3.8, 4) is 11.4 Å². The number of halogens is 1. The SMILES string of the molecule is COc1ccc(Cl)cc1NC(=O)c1nn(-c2ccccc2)c(=O)c2ccccc12. The molecule has 1 aromatic heterocycles. The molecule has 1 heterocycles. The molecule has 4 aromatic rings. The van der Waals surface area contributed by atoms with E-state index in [1.54, 1.807) is 66.7 Å². The van der Waals surface area contributed by atoms with Crippen molar-refractivity contribution >= 4 is 34.0 Å². The molecule has 6 nitrogen and oxygen atoms in total. The van der Waals surface area contributed by atoms with Crippen LogP contribution < -0.4 is 15.6 Å². The fourth-order valence-corrected chi connectivity index (χ4v) is 3.23. The van der Waals surface area contributed by atoms with Crippen LogP contribution in [0.1, 0.15) is 10.5 Å². The molecule has 0 bridgehead atoms. The Morgan fingerprint density at radius 1 is 1.00 bits per heavy atom. The molecular weight excluding hydrogens is 390 g/mol. The minimum Gasteiger partial charge on any atom is -0.495 e. The van der Waals surface area contributed by atoms with Gasteiger partial charge in [-0.25, -0.2) is 0 Å². The molecule has 7 heteroatoms. The average Bonchev–Trinajstić information content (AvgIpc) is 2.75. The van der Waals surface area contributed by atoms with Crippen molar-refractivity contribution in [1.82, 2.24) is 9.78 Å². The third-order valence-electron chi connectivity index (χ3n) is 4.43. The highest BCUT2D eigenvalue weighted by Gasteiger charge is 2.19. The summed E-state index contributed by atoms with van der Waals surface area (Å²) in [6.45, 7) is 0. The minimum absolute atomic E-state index is 0.117. The molecule has 1 amide bonds. The van der Waals surface area contributed by atoms with Gasteiger partial charge >= 0.3 is 0 Å². The van der Waals surface area contributed by atoms with Gasteiger partial charge < -0.3 is 10.1 Å². The normalized spacial score (nSPS) is 10.7. The first-order chi connectivity index (χ1) is 14.1. The predicted molar refractivity (Wildman–Crippen MR) is 113 cm³/mol. The lowest BCUT2D eigenvalue weighted by atomic mass is 10.1. The molecule has 1 N–H and O–H groups in total.